The van der Waals surface area contributed by atoms with Crippen molar-refractivity contribution >= 4 is 44.6 Å². The van der Waals surface area contributed by atoms with Crippen LogP contribution in [0.1, 0.15) is 49.8 Å². The molecule has 10 aromatic rings. The quantitative estimate of drug-likeness (QED) is 0.172. The van der Waals surface area contributed by atoms with Gasteiger partial charge < -0.3 is 19.3 Å². The van der Waals surface area contributed by atoms with Gasteiger partial charge in [0, 0.05) is 57.0 Å². The number of pyridine rings is 1. The summed E-state index contributed by atoms with van der Waals surface area (Å²) in [6.45, 7) is 7.72. The molecule has 0 saturated carbocycles. The Morgan fingerprint density at radius 2 is 1.18 bits per heavy atom. The molecule has 12 bridgehead atoms. The van der Waals surface area contributed by atoms with Crippen molar-refractivity contribution in [3.63, 3.8) is 0 Å². The number of fused-ring (bicyclic) bond motifs is 6. The minimum Gasteiger partial charge on any atom is -0.457 e. The Morgan fingerprint density at radius 1 is 0.544 bits per heavy atom. The predicted molar refractivity (Wildman–Crippen MR) is 281 cm³/mol. The van der Waals surface area contributed by atoms with Crippen LogP contribution in [0.25, 0.3) is 61.0 Å². The van der Waals surface area contributed by atoms with Crippen molar-refractivity contribution in [2.24, 2.45) is 11.8 Å². The Morgan fingerprint density at radius 3 is 1.90 bits per heavy atom. The lowest BCUT2D eigenvalue weighted by Gasteiger charge is -2.27. The van der Waals surface area contributed by atoms with Crippen molar-refractivity contribution < 1.29 is 20.4 Å². The molecule has 5 aliphatic heterocycles. The van der Waals surface area contributed by atoms with Gasteiger partial charge in [-0.2, -0.15) is 0 Å². The second-order valence-corrected chi connectivity index (χ2v) is 17.9. The molecule has 0 N–H and O–H groups in total. The monoisotopic (exact) mass is 892 g/mol. The Balaban J connectivity index is 1.13. The fraction of sp³-hybridized carbons (Fsp3) is 0.145. The van der Waals surface area contributed by atoms with Crippen molar-refractivity contribution in [3.8, 4) is 62.2 Å². The highest BCUT2D eigenvalue weighted by Gasteiger charge is 2.32. The van der Waals surface area contributed by atoms with Crippen molar-refractivity contribution in [1.82, 2.24) is 9.55 Å². The van der Waals surface area contributed by atoms with Crippen LogP contribution in [-0.4, -0.2) is 16.2 Å². The van der Waals surface area contributed by atoms with E-state index in [-0.39, 0.29) is 40.6 Å². The van der Waals surface area contributed by atoms with Crippen LogP contribution >= 0.6 is 0 Å². The third-order valence-electron chi connectivity index (χ3n) is 12.6. The molecule has 0 atom stereocenters. The topological polar surface area (TPSA) is 42.8 Å². The van der Waals surface area contributed by atoms with Crippen molar-refractivity contribution in [2.45, 2.75) is 40.4 Å². The van der Waals surface area contributed by atoms with Gasteiger partial charge in [-0.05, 0) is 119 Å². The lowest BCUT2D eigenvalue weighted by molar-refractivity contribution is 0.471. The highest BCUT2D eigenvalue weighted by atomic mass is 16.5. The third kappa shape index (κ3) is 7.43. The zero-order chi connectivity index (χ0) is 52.9. The van der Waals surface area contributed by atoms with Gasteiger partial charge in [-0.15, -0.1) is 0 Å². The van der Waals surface area contributed by atoms with Gasteiger partial charge in [-0.1, -0.05) is 137 Å². The van der Waals surface area contributed by atoms with E-state index < -0.39 is 30.6 Å². The molecule has 6 heteroatoms. The van der Waals surface area contributed by atoms with E-state index in [1.165, 1.54) is 0 Å². The number of para-hydroxylation sites is 4. The Bertz CT molecular complexity index is 3940. The van der Waals surface area contributed by atoms with Crippen LogP contribution < -0.4 is 19.3 Å². The maximum Gasteiger partial charge on any atom is 0.137 e. The summed E-state index contributed by atoms with van der Waals surface area (Å²) in [5.41, 5.74) is 10.3. The number of ether oxygens (including phenoxy) is 2. The third-order valence-corrected chi connectivity index (χ3v) is 12.6. The van der Waals surface area contributed by atoms with Crippen molar-refractivity contribution in [1.29, 1.82) is 0 Å². The largest absolute Gasteiger partial charge is 0.457 e. The first-order valence-corrected chi connectivity index (χ1v) is 23.1. The van der Waals surface area contributed by atoms with E-state index in [9.17, 15) is 8.22 Å². The van der Waals surface area contributed by atoms with Crippen molar-refractivity contribution in [3.05, 3.63) is 205 Å². The van der Waals surface area contributed by atoms with Gasteiger partial charge in [0.2, 0.25) is 0 Å². The summed E-state index contributed by atoms with van der Waals surface area (Å²) in [5, 5.41) is 0.774. The Hall–Kier alpha value is -8.09. The molecule has 0 amide bonds. The summed E-state index contributed by atoms with van der Waals surface area (Å²) in [7, 11) is 0. The van der Waals surface area contributed by atoms with E-state index in [0.29, 0.717) is 57.1 Å². The van der Waals surface area contributed by atoms with E-state index in [2.05, 4.69) is 64.4 Å². The first kappa shape index (κ1) is 33.4. The SMILES string of the molecule is [2H]c1c([2H])c([2H])c2c(c1[2H])c1ccc3cc1n2-c1cc(C([2H])([2H])C(C)C)c(cn1)-c1ccc(cc1)Oc1ccc(cc1)-c1cccc(-c2ccccc2)c1N1CN(c2ccc(C([2H])([2H])C(C)C)c(c2)O3)c2ccccc21. The van der Waals surface area contributed by atoms with E-state index in [4.69, 9.17) is 17.2 Å². The molecule has 15 rings (SSSR count). The van der Waals surface area contributed by atoms with Crippen LogP contribution in [-0.2, 0) is 12.7 Å². The van der Waals surface area contributed by atoms with Gasteiger partial charge in [0.25, 0.3) is 0 Å². The van der Waals surface area contributed by atoms with Gasteiger partial charge in [-0.3, -0.25) is 4.57 Å². The zero-order valence-corrected chi connectivity index (χ0v) is 38.1. The van der Waals surface area contributed by atoms with Crippen LogP contribution in [0.3, 0.4) is 0 Å². The summed E-state index contributed by atoms with van der Waals surface area (Å²) >= 11 is 0. The molecule has 2 aromatic heterocycles. The maximum absolute atomic E-state index is 9.53. The molecule has 0 radical (unpaired) electrons. The number of hydrogen-bond donors (Lipinski definition) is 0. The van der Waals surface area contributed by atoms with Gasteiger partial charge in [0.05, 0.1) is 33.6 Å². The van der Waals surface area contributed by atoms with Crippen LogP contribution in [0.5, 0.6) is 23.0 Å². The second kappa shape index (κ2) is 17.0. The summed E-state index contributed by atoms with van der Waals surface area (Å²) in [6.07, 6.45) is -2.10. The van der Waals surface area contributed by atoms with E-state index in [0.717, 1.165) is 45.0 Å². The molecule has 0 unspecified atom stereocenters. The molecule has 0 saturated heterocycles. The molecule has 7 heterocycles. The van der Waals surface area contributed by atoms with Gasteiger partial charge in [-0.25, -0.2) is 4.98 Å². The lowest BCUT2D eigenvalue weighted by atomic mass is 9.95. The maximum atomic E-state index is 9.53. The molecule has 0 fully saturated rings. The second-order valence-electron chi connectivity index (χ2n) is 17.9. The minimum atomic E-state index is -1.89. The number of benzene rings is 8. The number of rotatable bonds is 5. The average molecular weight is 893 g/mol. The molecule has 8 aromatic carbocycles. The number of anilines is 4. The molecule has 0 aliphatic carbocycles. The summed E-state index contributed by atoms with van der Waals surface area (Å²) in [6, 6.07) is 51.8. The standard InChI is InChI=1S/C62H52N4O2/c1-40(2)33-45-21-26-47-36-60(45)68-50-31-32-54-53-15-8-9-18-56(53)66(59(54)37-50)61-35-46(34-41(3)4)55(38-63-61)44-24-29-49(30-25-44)67-48-27-22-43(23-28-48)52-17-12-16-51(42-13-6-5-7-14-42)62(52)65-39-64(47)57-19-10-11-20-58(57)65/h5-32,35-38,40-41H,33-34,39H2,1-4H3/i8D,9D,15D,18D,33D2,34D2. The summed E-state index contributed by atoms with van der Waals surface area (Å²) in [4.78, 5) is 9.51. The Labute approximate surface area is 409 Å². The highest BCUT2D eigenvalue weighted by Crippen LogP contribution is 2.51. The van der Waals surface area contributed by atoms with E-state index in [1.54, 1.807) is 41.1 Å². The van der Waals surface area contributed by atoms with Gasteiger partial charge >= 0.3 is 0 Å². The van der Waals surface area contributed by atoms with Gasteiger partial charge in [0.15, 0.2) is 0 Å². The first-order valence-electron chi connectivity index (χ1n) is 27.1. The summed E-state index contributed by atoms with van der Waals surface area (Å²) < 4.78 is 89.1. The fourth-order valence-corrected chi connectivity index (χ4v) is 9.63. The smallest absolute Gasteiger partial charge is 0.137 e. The summed E-state index contributed by atoms with van der Waals surface area (Å²) in [5.74, 6) is 1.15. The molecule has 6 nitrogen and oxygen atoms in total. The number of nitrogens with zero attached hydrogens (tertiary/aromatic N) is 4. The van der Waals surface area contributed by atoms with Crippen LogP contribution in [0.15, 0.2) is 194 Å². The van der Waals surface area contributed by atoms with E-state index in [1.807, 2.05) is 107 Å². The average Bonchev–Trinajstić information content (AvgIpc) is 4.05. The minimum absolute atomic E-state index is 0.172. The normalized spacial score (nSPS) is 15.0. The predicted octanol–water partition coefficient (Wildman–Crippen LogP) is 16.7. The van der Waals surface area contributed by atoms with Gasteiger partial charge in [0.1, 0.15) is 35.5 Å². The van der Waals surface area contributed by atoms with Crippen LogP contribution in [0, 0.1) is 11.8 Å². The fourth-order valence-electron chi connectivity index (χ4n) is 9.63. The molecule has 68 heavy (non-hydrogen) atoms. The first-order chi connectivity index (χ1) is 36.5. The molecule has 332 valence electrons. The van der Waals surface area contributed by atoms with E-state index >= 15 is 0 Å². The highest BCUT2D eigenvalue weighted by molar-refractivity contribution is 6.09. The van der Waals surface area contributed by atoms with Crippen LogP contribution in [0.2, 0.25) is 0 Å². The molecular weight excluding hydrogens is 833 g/mol. The van der Waals surface area contributed by atoms with Crippen LogP contribution in [0.4, 0.5) is 22.7 Å². The molecular formula is C62H52N4O2. The van der Waals surface area contributed by atoms with Crippen molar-refractivity contribution in [2.75, 3.05) is 16.5 Å². The molecule has 0 spiro atoms. The Kier molecular flexibility index (Phi) is 8.33. The number of hydrogen-bond acceptors (Lipinski definition) is 5. The lowest BCUT2D eigenvalue weighted by Crippen LogP contribution is -2.25. The zero-order valence-electron chi connectivity index (χ0n) is 46.1. The molecule has 5 aliphatic rings. The number of aromatic nitrogens is 2.